The topological polar surface area (TPSA) is 60.0 Å². The molecular formula is C21H25N3O2. The number of hydrogen-bond acceptors (Lipinski definition) is 3. The van der Waals surface area contributed by atoms with Crippen molar-refractivity contribution in [2.45, 2.75) is 45.7 Å². The first-order chi connectivity index (χ1) is 12.7. The van der Waals surface area contributed by atoms with Crippen molar-refractivity contribution in [3.8, 4) is 5.75 Å². The molecule has 5 heteroatoms. The van der Waals surface area contributed by atoms with E-state index in [1.54, 1.807) is 21.4 Å². The molecule has 0 aliphatic rings. The van der Waals surface area contributed by atoms with Crippen LogP contribution in [0.5, 0.6) is 5.75 Å². The van der Waals surface area contributed by atoms with Gasteiger partial charge in [-0.25, -0.2) is 9.48 Å². The molecule has 136 valence electrons. The average Bonchev–Trinajstić information content (AvgIpc) is 2.96. The van der Waals surface area contributed by atoms with Crippen molar-refractivity contribution in [3.63, 3.8) is 0 Å². The molecule has 0 fully saturated rings. The predicted octanol–water partition coefficient (Wildman–Crippen LogP) is 3.19. The summed E-state index contributed by atoms with van der Waals surface area (Å²) < 4.78 is 3.39. The van der Waals surface area contributed by atoms with Crippen molar-refractivity contribution in [2.75, 3.05) is 0 Å². The van der Waals surface area contributed by atoms with Crippen LogP contribution in [0.3, 0.4) is 0 Å². The van der Waals surface area contributed by atoms with Crippen LogP contribution in [0.2, 0.25) is 0 Å². The van der Waals surface area contributed by atoms with E-state index < -0.39 is 0 Å². The molecule has 26 heavy (non-hydrogen) atoms. The molecule has 1 N–H and O–H groups in total. The van der Waals surface area contributed by atoms with E-state index in [1.165, 1.54) is 5.56 Å². The maximum atomic E-state index is 12.7. The Labute approximate surface area is 153 Å². The number of phenolic OH excluding ortho intramolecular Hbond substituents is 1. The van der Waals surface area contributed by atoms with E-state index in [-0.39, 0.29) is 11.4 Å². The van der Waals surface area contributed by atoms with Gasteiger partial charge in [0, 0.05) is 13.0 Å². The van der Waals surface area contributed by atoms with Crippen LogP contribution in [-0.2, 0) is 32.4 Å². The molecule has 0 bridgehead atoms. The van der Waals surface area contributed by atoms with Crippen molar-refractivity contribution in [3.05, 3.63) is 82.0 Å². The number of rotatable bonds is 8. The van der Waals surface area contributed by atoms with Crippen molar-refractivity contribution in [1.82, 2.24) is 14.3 Å². The number of aromatic nitrogens is 3. The molecule has 0 saturated heterocycles. The Kier molecular flexibility index (Phi) is 5.89. The number of nitrogens with zero attached hydrogens (tertiary/aromatic N) is 3. The Balaban J connectivity index is 1.73. The van der Waals surface area contributed by atoms with Crippen LogP contribution in [0.15, 0.2) is 59.4 Å². The molecule has 0 aliphatic heterocycles. The summed E-state index contributed by atoms with van der Waals surface area (Å²) >= 11 is 0. The molecule has 0 atom stereocenters. The third-order valence-corrected chi connectivity index (χ3v) is 4.48. The zero-order valence-corrected chi connectivity index (χ0v) is 15.1. The molecule has 1 aromatic heterocycles. The summed E-state index contributed by atoms with van der Waals surface area (Å²) in [7, 11) is 0. The third-order valence-electron chi connectivity index (χ3n) is 4.48. The Bertz CT molecular complexity index is 880. The van der Waals surface area contributed by atoms with Crippen LogP contribution in [0.4, 0.5) is 0 Å². The highest BCUT2D eigenvalue weighted by Gasteiger charge is 2.13. The standard InChI is InChI=1S/C21H25N3O2/c1-2-15-23-20(13-10-18-8-11-19(25)12-9-18)22-24(21(23)26)16-14-17-6-4-3-5-7-17/h3-9,11-12,25H,2,10,13-16H2,1H3. The third kappa shape index (κ3) is 4.42. The van der Waals surface area contributed by atoms with Crippen LogP contribution < -0.4 is 5.69 Å². The Morgan fingerprint density at radius 1 is 0.885 bits per heavy atom. The minimum atomic E-state index is -0.0245. The minimum absolute atomic E-state index is 0.0245. The Morgan fingerprint density at radius 2 is 1.58 bits per heavy atom. The number of aryl methyl sites for hydroxylation is 4. The largest absolute Gasteiger partial charge is 0.508 e. The lowest BCUT2D eigenvalue weighted by molar-refractivity contribution is 0.475. The second-order valence-electron chi connectivity index (χ2n) is 6.48. The van der Waals surface area contributed by atoms with Gasteiger partial charge in [0.2, 0.25) is 0 Å². The molecular weight excluding hydrogens is 326 g/mol. The van der Waals surface area contributed by atoms with Gasteiger partial charge < -0.3 is 5.11 Å². The van der Waals surface area contributed by atoms with Gasteiger partial charge in [0.05, 0.1) is 6.54 Å². The fourth-order valence-corrected chi connectivity index (χ4v) is 3.06. The van der Waals surface area contributed by atoms with Gasteiger partial charge in [-0.1, -0.05) is 49.4 Å². The van der Waals surface area contributed by atoms with E-state index in [9.17, 15) is 9.90 Å². The van der Waals surface area contributed by atoms with Gasteiger partial charge in [-0.05, 0) is 42.5 Å². The van der Waals surface area contributed by atoms with Crippen LogP contribution in [0, 0.1) is 0 Å². The summed E-state index contributed by atoms with van der Waals surface area (Å²) in [5.41, 5.74) is 2.30. The van der Waals surface area contributed by atoms with E-state index in [4.69, 9.17) is 0 Å². The van der Waals surface area contributed by atoms with Crippen molar-refractivity contribution >= 4 is 0 Å². The zero-order chi connectivity index (χ0) is 18.4. The van der Waals surface area contributed by atoms with Gasteiger partial charge >= 0.3 is 5.69 Å². The van der Waals surface area contributed by atoms with E-state index in [2.05, 4.69) is 24.2 Å². The summed E-state index contributed by atoms with van der Waals surface area (Å²) in [6.45, 7) is 3.35. The van der Waals surface area contributed by atoms with Gasteiger partial charge in [-0.2, -0.15) is 5.10 Å². The summed E-state index contributed by atoms with van der Waals surface area (Å²) in [6.07, 6.45) is 3.19. The highest BCUT2D eigenvalue weighted by atomic mass is 16.3. The van der Waals surface area contributed by atoms with Crippen molar-refractivity contribution in [1.29, 1.82) is 0 Å². The Morgan fingerprint density at radius 3 is 2.27 bits per heavy atom. The van der Waals surface area contributed by atoms with Crippen LogP contribution in [-0.4, -0.2) is 19.5 Å². The first-order valence-electron chi connectivity index (χ1n) is 9.15. The lowest BCUT2D eigenvalue weighted by atomic mass is 10.1. The van der Waals surface area contributed by atoms with E-state index >= 15 is 0 Å². The maximum Gasteiger partial charge on any atom is 0.345 e. The maximum absolute atomic E-state index is 12.7. The molecule has 2 aromatic carbocycles. The quantitative estimate of drug-likeness (QED) is 0.678. The lowest BCUT2D eigenvalue weighted by Gasteiger charge is -2.04. The molecule has 0 spiro atoms. The monoisotopic (exact) mass is 351 g/mol. The zero-order valence-electron chi connectivity index (χ0n) is 15.1. The number of benzene rings is 2. The smallest absolute Gasteiger partial charge is 0.345 e. The number of hydrogen-bond donors (Lipinski definition) is 1. The highest BCUT2D eigenvalue weighted by molar-refractivity contribution is 5.26. The van der Waals surface area contributed by atoms with Gasteiger partial charge in [0.15, 0.2) is 0 Å². The molecule has 0 radical (unpaired) electrons. The van der Waals surface area contributed by atoms with Crippen molar-refractivity contribution in [2.24, 2.45) is 0 Å². The summed E-state index contributed by atoms with van der Waals surface area (Å²) in [6, 6.07) is 17.3. The minimum Gasteiger partial charge on any atom is -0.508 e. The first-order valence-corrected chi connectivity index (χ1v) is 9.15. The summed E-state index contributed by atoms with van der Waals surface area (Å²) in [5.74, 6) is 1.10. The van der Waals surface area contributed by atoms with Crippen molar-refractivity contribution < 1.29 is 5.11 Å². The molecule has 0 saturated carbocycles. The van der Waals surface area contributed by atoms with Crippen LogP contribution >= 0.6 is 0 Å². The normalized spacial score (nSPS) is 11.0. The average molecular weight is 351 g/mol. The fraction of sp³-hybridized carbons (Fsp3) is 0.333. The van der Waals surface area contributed by atoms with E-state index in [1.807, 2.05) is 30.3 Å². The van der Waals surface area contributed by atoms with Gasteiger partial charge in [-0.15, -0.1) is 0 Å². The van der Waals surface area contributed by atoms with E-state index in [0.717, 1.165) is 30.7 Å². The molecule has 0 aliphatic carbocycles. The SMILES string of the molecule is CCCn1c(CCc2ccc(O)cc2)nn(CCc2ccccc2)c1=O. The van der Waals surface area contributed by atoms with Gasteiger partial charge in [0.25, 0.3) is 0 Å². The van der Waals surface area contributed by atoms with Gasteiger partial charge in [0.1, 0.15) is 11.6 Å². The lowest BCUT2D eigenvalue weighted by Crippen LogP contribution is -2.26. The summed E-state index contributed by atoms with van der Waals surface area (Å²) in [4.78, 5) is 12.7. The molecule has 1 heterocycles. The van der Waals surface area contributed by atoms with Gasteiger partial charge in [-0.3, -0.25) is 4.57 Å². The number of phenols is 1. The Hall–Kier alpha value is -2.82. The molecule has 3 aromatic rings. The van der Waals surface area contributed by atoms with Crippen LogP contribution in [0.1, 0.15) is 30.3 Å². The molecule has 5 nitrogen and oxygen atoms in total. The van der Waals surface area contributed by atoms with E-state index in [0.29, 0.717) is 19.5 Å². The molecule has 0 amide bonds. The second-order valence-corrected chi connectivity index (χ2v) is 6.48. The molecule has 0 unspecified atom stereocenters. The fourth-order valence-electron chi connectivity index (χ4n) is 3.06. The number of aromatic hydroxyl groups is 1. The molecule has 3 rings (SSSR count). The van der Waals surface area contributed by atoms with Crippen LogP contribution in [0.25, 0.3) is 0 Å². The summed E-state index contributed by atoms with van der Waals surface area (Å²) in [5, 5.41) is 14.0. The first kappa shape index (κ1) is 18.0. The second kappa shape index (κ2) is 8.52. The highest BCUT2D eigenvalue weighted by Crippen LogP contribution is 2.12. The predicted molar refractivity (Wildman–Crippen MR) is 102 cm³/mol.